The summed E-state index contributed by atoms with van der Waals surface area (Å²) in [5.74, 6) is 0.146. The molecule has 0 saturated carbocycles. The van der Waals surface area contributed by atoms with Crippen molar-refractivity contribution in [3.05, 3.63) is 83.7 Å². The van der Waals surface area contributed by atoms with Gasteiger partial charge < -0.3 is 24.2 Å². The fraction of sp³-hybridized carbons (Fsp3) is 0.176. The molecule has 0 unspecified atom stereocenters. The molecule has 12 heteroatoms. The van der Waals surface area contributed by atoms with E-state index in [4.69, 9.17) is 18.9 Å². The summed E-state index contributed by atoms with van der Waals surface area (Å²) in [5.41, 5.74) is 4.46. The number of carbonyl (C=O) groups excluding carboxylic acids is 1. The Hall–Kier alpha value is -5.36. The van der Waals surface area contributed by atoms with E-state index in [9.17, 15) is 17.6 Å². The number of H-pyrrole nitrogens is 1. The van der Waals surface area contributed by atoms with Crippen LogP contribution in [-0.2, 0) is 10.0 Å². The highest BCUT2D eigenvalue weighted by atomic mass is 32.2. The first-order chi connectivity index (χ1) is 21.9. The molecule has 0 aliphatic heterocycles. The number of ether oxygens (including phenoxy) is 2. The number of hydrogen-bond donors (Lipinski definition) is 2. The Morgan fingerprint density at radius 3 is 2.30 bits per heavy atom. The molecular formula is C34H31FN4O6S. The molecule has 3 aromatic carbocycles. The average molecular weight is 643 g/mol. The van der Waals surface area contributed by atoms with Crippen LogP contribution in [0.25, 0.3) is 55.8 Å². The number of hydrogen-bond acceptors (Lipinski definition) is 7. The predicted molar refractivity (Wildman–Crippen MR) is 177 cm³/mol. The average Bonchev–Trinajstić information content (AvgIpc) is 3.65. The standard InChI is InChI=1S/C34H31FN4O6S/c1-18-10-12-19(13-11-18)33-30(34(40)36-2)22-14-21(26(16-27(22)45-33)39(3)46(6,41)42)31-28(43-4)17-29(44-5)32(38-31)25-15-20-23(35)8-7-9-24(20)37-25/h7-17,37H,1-6H3,(H,36,40). The van der Waals surface area contributed by atoms with Crippen LogP contribution in [-0.4, -0.2) is 58.9 Å². The molecule has 3 aromatic heterocycles. The van der Waals surface area contributed by atoms with Crippen molar-refractivity contribution in [3.8, 4) is 45.5 Å². The van der Waals surface area contributed by atoms with Crippen LogP contribution in [0.15, 0.2) is 71.1 Å². The zero-order valence-electron chi connectivity index (χ0n) is 26.0. The molecule has 3 heterocycles. The number of fused-ring (bicyclic) bond motifs is 2. The van der Waals surface area contributed by atoms with Gasteiger partial charge in [-0.25, -0.2) is 17.8 Å². The zero-order valence-corrected chi connectivity index (χ0v) is 26.8. The molecule has 6 aromatic rings. The van der Waals surface area contributed by atoms with Crippen molar-refractivity contribution in [2.24, 2.45) is 0 Å². The van der Waals surface area contributed by atoms with Crippen molar-refractivity contribution in [1.82, 2.24) is 15.3 Å². The number of furan rings is 1. The van der Waals surface area contributed by atoms with E-state index in [0.717, 1.165) is 16.1 Å². The second kappa shape index (κ2) is 11.5. The lowest BCUT2D eigenvalue weighted by Gasteiger charge is -2.22. The number of aromatic amines is 1. The van der Waals surface area contributed by atoms with Crippen molar-refractivity contribution in [1.29, 1.82) is 0 Å². The van der Waals surface area contributed by atoms with Crippen LogP contribution >= 0.6 is 0 Å². The molecule has 0 atom stereocenters. The Morgan fingerprint density at radius 1 is 0.978 bits per heavy atom. The van der Waals surface area contributed by atoms with E-state index < -0.39 is 15.8 Å². The molecule has 0 radical (unpaired) electrons. The minimum Gasteiger partial charge on any atom is -0.494 e. The maximum atomic E-state index is 14.6. The van der Waals surface area contributed by atoms with Gasteiger partial charge in [-0.1, -0.05) is 35.9 Å². The summed E-state index contributed by atoms with van der Waals surface area (Å²) < 4.78 is 59.3. The third-order valence-electron chi connectivity index (χ3n) is 7.92. The van der Waals surface area contributed by atoms with Crippen LogP contribution in [0, 0.1) is 12.7 Å². The third-order valence-corrected chi connectivity index (χ3v) is 9.12. The van der Waals surface area contributed by atoms with Crippen LogP contribution in [0.3, 0.4) is 0 Å². The summed E-state index contributed by atoms with van der Waals surface area (Å²) in [4.78, 5) is 21.5. The van der Waals surface area contributed by atoms with Crippen LogP contribution in [0.2, 0.25) is 0 Å². The van der Waals surface area contributed by atoms with E-state index in [1.807, 2.05) is 31.2 Å². The molecule has 0 fully saturated rings. The van der Waals surface area contributed by atoms with Crippen LogP contribution in [0.5, 0.6) is 11.5 Å². The van der Waals surface area contributed by atoms with Gasteiger partial charge in [-0.2, -0.15) is 0 Å². The lowest BCUT2D eigenvalue weighted by molar-refractivity contribution is 0.0964. The second-order valence-electron chi connectivity index (χ2n) is 10.8. The Morgan fingerprint density at radius 2 is 1.67 bits per heavy atom. The SMILES string of the molecule is CNC(=O)c1c(-c2ccc(C)cc2)oc2cc(N(C)S(C)(=O)=O)c(-c3nc(-c4cc5c(F)cccc5[nH]4)c(OC)cc3OC)cc12. The molecule has 0 aliphatic rings. The molecule has 236 valence electrons. The first-order valence-corrected chi connectivity index (χ1v) is 16.0. The number of amides is 1. The van der Waals surface area contributed by atoms with Gasteiger partial charge in [0.2, 0.25) is 10.0 Å². The van der Waals surface area contributed by atoms with Gasteiger partial charge in [0.25, 0.3) is 5.91 Å². The largest absolute Gasteiger partial charge is 0.494 e. The van der Waals surface area contributed by atoms with E-state index in [1.54, 1.807) is 36.4 Å². The fourth-order valence-corrected chi connectivity index (χ4v) is 5.95. The number of methoxy groups -OCH3 is 2. The van der Waals surface area contributed by atoms with Gasteiger partial charge in [0.15, 0.2) is 0 Å². The predicted octanol–water partition coefficient (Wildman–Crippen LogP) is 6.53. The van der Waals surface area contributed by atoms with E-state index in [1.165, 1.54) is 34.4 Å². The number of pyridine rings is 1. The minimum absolute atomic E-state index is 0.229. The van der Waals surface area contributed by atoms with E-state index >= 15 is 0 Å². The maximum Gasteiger partial charge on any atom is 0.255 e. The topological polar surface area (TPSA) is 127 Å². The number of rotatable bonds is 8. The number of aromatic nitrogens is 2. The van der Waals surface area contributed by atoms with E-state index in [-0.39, 0.29) is 28.6 Å². The van der Waals surface area contributed by atoms with Crippen LogP contribution < -0.4 is 19.1 Å². The Bertz CT molecular complexity index is 2260. The molecule has 0 aliphatic carbocycles. The van der Waals surface area contributed by atoms with Crippen LogP contribution in [0.1, 0.15) is 15.9 Å². The second-order valence-corrected chi connectivity index (χ2v) is 12.8. The smallest absolute Gasteiger partial charge is 0.255 e. The quantitative estimate of drug-likeness (QED) is 0.193. The summed E-state index contributed by atoms with van der Waals surface area (Å²) in [6.07, 6.45) is 1.08. The third kappa shape index (κ3) is 5.20. The molecule has 1 amide bonds. The van der Waals surface area contributed by atoms with Gasteiger partial charge in [-0.05, 0) is 31.2 Å². The number of benzene rings is 3. The zero-order chi connectivity index (χ0) is 32.9. The molecule has 10 nitrogen and oxygen atoms in total. The summed E-state index contributed by atoms with van der Waals surface area (Å²) in [5, 5.41) is 3.50. The normalized spacial score (nSPS) is 11.6. The van der Waals surface area contributed by atoms with Crippen molar-refractivity contribution >= 4 is 43.5 Å². The van der Waals surface area contributed by atoms with Crippen molar-refractivity contribution < 1.29 is 31.5 Å². The number of halogens is 1. The highest BCUT2D eigenvalue weighted by molar-refractivity contribution is 7.92. The molecule has 0 bridgehead atoms. The van der Waals surface area contributed by atoms with Crippen molar-refractivity contribution in [2.45, 2.75) is 6.92 Å². The lowest BCUT2D eigenvalue weighted by Crippen LogP contribution is -2.25. The number of aryl methyl sites for hydroxylation is 1. The highest BCUT2D eigenvalue weighted by Gasteiger charge is 2.28. The van der Waals surface area contributed by atoms with E-state index in [2.05, 4.69) is 10.3 Å². The number of carbonyl (C=O) groups is 1. The van der Waals surface area contributed by atoms with Gasteiger partial charge in [0.1, 0.15) is 40.0 Å². The number of anilines is 1. The number of sulfonamides is 1. The van der Waals surface area contributed by atoms with Crippen molar-refractivity contribution in [2.75, 3.05) is 38.9 Å². The number of nitrogens with zero attached hydrogens (tertiary/aromatic N) is 2. The molecule has 0 spiro atoms. The molecule has 6 rings (SSSR count). The number of nitrogens with one attached hydrogen (secondary N) is 2. The summed E-state index contributed by atoms with van der Waals surface area (Å²) >= 11 is 0. The van der Waals surface area contributed by atoms with E-state index in [0.29, 0.717) is 55.9 Å². The maximum absolute atomic E-state index is 14.6. The first-order valence-electron chi connectivity index (χ1n) is 14.2. The summed E-state index contributed by atoms with van der Waals surface area (Å²) in [7, 11) is 2.10. The monoisotopic (exact) mass is 642 g/mol. The molecule has 46 heavy (non-hydrogen) atoms. The Labute approximate surface area is 264 Å². The minimum atomic E-state index is -3.78. The highest BCUT2D eigenvalue weighted by Crippen LogP contribution is 2.45. The summed E-state index contributed by atoms with van der Waals surface area (Å²) in [6.45, 7) is 1.96. The van der Waals surface area contributed by atoms with Gasteiger partial charge in [0, 0.05) is 53.6 Å². The van der Waals surface area contributed by atoms with Crippen molar-refractivity contribution in [3.63, 3.8) is 0 Å². The van der Waals surface area contributed by atoms with Gasteiger partial charge in [-0.3, -0.25) is 9.10 Å². The van der Waals surface area contributed by atoms with Gasteiger partial charge in [0.05, 0.1) is 37.4 Å². The Kier molecular flexibility index (Phi) is 7.69. The molecular weight excluding hydrogens is 611 g/mol. The molecule has 0 saturated heterocycles. The lowest BCUT2D eigenvalue weighted by atomic mass is 9.99. The molecule has 2 N–H and O–H groups in total. The fourth-order valence-electron chi connectivity index (χ4n) is 5.44. The van der Waals surface area contributed by atoms with Crippen LogP contribution in [0.4, 0.5) is 10.1 Å². The Balaban J connectivity index is 1.69. The first kappa shape index (κ1) is 30.7. The summed E-state index contributed by atoms with van der Waals surface area (Å²) in [6, 6.07) is 18.7. The van der Waals surface area contributed by atoms with Gasteiger partial charge in [-0.15, -0.1) is 0 Å². The van der Waals surface area contributed by atoms with Gasteiger partial charge >= 0.3 is 0 Å².